The average molecular weight is 397 g/mol. The number of ketones is 1. The number of para-hydroxylation sites is 3. The summed E-state index contributed by atoms with van der Waals surface area (Å²) in [5, 5.41) is 0. The number of benzene rings is 3. The van der Waals surface area contributed by atoms with E-state index in [4.69, 9.17) is 0 Å². The SMILES string of the molecule is O=C(CCCN1c2ccccc2-c2nccn2-c2ccccc21)c1ccc(F)cc1. The van der Waals surface area contributed by atoms with Gasteiger partial charge in [0.1, 0.15) is 11.6 Å². The number of nitrogens with zero attached hydrogens (tertiary/aromatic N) is 3. The summed E-state index contributed by atoms with van der Waals surface area (Å²) in [4.78, 5) is 19.4. The van der Waals surface area contributed by atoms with E-state index in [9.17, 15) is 9.18 Å². The van der Waals surface area contributed by atoms with Gasteiger partial charge in [0.15, 0.2) is 5.78 Å². The van der Waals surface area contributed by atoms with Gasteiger partial charge in [-0.15, -0.1) is 0 Å². The maximum Gasteiger partial charge on any atom is 0.162 e. The summed E-state index contributed by atoms with van der Waals surface area (Å²) in [5.74, 6) is 0.601. The van der Waals surface area contributed by atoms with E-state index in [1.165, 1.54) is 12.1 Å². The fourth-order valence-corrected chi connectivity index (χ4v) is 4.04. The highest BCUT2D eigenvalue weighted by Crippen LogP contribution is 2.41. The van der Waals surface area contributed by atoms with Gasteiger partial charge in [0.05, 0.1) is 17.1 Å². The molecule has 1 aliphatic rings. The zero-order chi connectivity index (χ0) is 20.5. The Morgan fingerprint density at radius 1 is 0.867 bits per heavy atom. The Hall–Kier alpha value is -3.73. The van der Waals surface area contributed by atoms with E-state index in [0.29, 0.717) is 24.9 Å². The predicted molar refractivity (Wildman–Crippen MR) is 116 cm³/mol. The summed E-state index contributed by atoms with van der Waals surface area (Å²) >= 11 is 0. The van der Waals surface area contributed by atoms with Gasteiger partial charge in [0.2, 0.25) is 0 Å². The minimum atomic E-state index is -0.332. The Labute approximate surface area is 174 Å². The Bertz CT molecular complexity index is 1150. The van der Waals surface area contributed by atoms with Crippen LogP contribution in [0.3, 0.4) is 0 Å². The first-order valence-corrected chi connectivity index (χ1v) is 10.0. The van der Waals surface area contributed by atoms with Gasteiger partial charge in [-0.3, -0.25) is 9.36 Å². The summed E-state index contributed by atoms with van der Waals surface area (Å²) in [6.45, 7) is 0.686. The van der Waals surface area contributed by atoms with Crippen molar-refractivity contribution in [3.05, 3.63) is 96.6 Å². The molecular weight excluding hydrogens is 377 g/mol. The third kappa shape index (κ3) is 3.18. The van der Waals surface area contributed by atoms with Crippen LogP contribution in [0.25, 0.3) is 17.1 Å². The molecule has 30 heavy (non-hydrogen) atoms. The second-order valence-corrected chi connectivity index (χ2v) is 7.31. The van der Waals surface area contributed by atoms with Gasteiger partial charge in [-0.05, 0) is 55.0 Å². The number of imidazole rings is 1. The molecule has 0 spiro atoms. The van der Waals surface area contributed by atoms with Crippen LogP contribution in [-0.4, -0.2) is 21.9 Å². The number of hydrogen-bond donors (Lipinski definition) is 0. The number of halogens is 1. The summed E-state index contributed by atoms with van der Waals surface area (Å²) < 4.78 is 15.2. The lowest BCUT2D eigenvalue weighted by atomic mass is 10.1. The van der Waals surface area contributed by atoms with Gasteiger partial charge in [-0.2, -0.15) is 0 Å². The quantitative estimate of drug-likeness (QED) is 0.400. The Balaban J connectivity index is 1.46. The number of anilines is 2. The number of hydrogen-bond acceptors (Lipinski definition) is 3. The summed E-state index contributed by atoms with van der Waals surface area (Å²) in [6, 6.07) is 22.2. The van der Waals surface area contributed by atoms with Crippen molar-refractivity contribution < 1.29 is 9.18 Å². The summed E-state index contributed by atoms with van der Waals surface area (Å²) in [5.41, 5.74) is 4.82. The second kappa shape index (κ2) is 7.59. The maximum absolute atomic E-state index is 13.1. The van der Waals surface area contributed by atoms with Crippen molar-refractivity contribution in [2.45, 2.75) is 12.8 Å². The van der Waals surface area contributed by atoms with Crippen LogP contribution in [0.5, 0.6) is 0 Å². The summed E-state index contributed by atoms with van der Waals surface area (Å²) in [6.07, 6.45) is 4.88. The van der Waals surface area contributed by atoms with E-state index in [1.807, 2.05) is 36.7 Å². The molecule has 3 aromatic carbocycles. The van der Waals surface area contributed by atoms with Gasteiger partial charge in [0, 0.05) is 36.5 Å². The van der Waals surface area contributed by atoms with Crippen LogP contribution in [-0.2, 0) is 0 Å². The van der Waals surface area contributed by atoms with Crippen molar-refractivity contribution in [3.63, 3.8) is 0 Å². The van der Waals surface area contributed by atoms with Crippen LogP contribution in [0.1, 0.15) is 23.2 Å². The lowest BCUT2D eigenvalue weighted by Crippen LogP contribution is -2.20. The molecule has 5 heteroatoms. The normalized spacial score (nSPS) is 12.0. The molecule has 4 aromatic rings. The number of aromatic nitrogens is 2. The fraction of sp³-hybridized carbons (Fsp3) is 0.120. The van der Waals surface area contributed by atoms with Crippen molar-refractivity contribution in [1.82, 2.24) is 9.55 Å². The first-order chi connectivity index (χ1) is 14.7. The van der Waals surface area contributed by atoms with Crippen LogP contribution >= 0.6 is 0 Å². The van der Waals surface area contributed by atoms with Crippen LogP contribution in [0, 0.1) is 5.82 Å². The molecular formula is C25H20FN3O. The second-order valence-electron chi connectivity index (χ2n) is 7.31. The number of Topliss-reactive ketones (excluding diaryl/α,β-unsaturated/α-hetero) is 1. The lowest BCUT2D eigenvalue weighted by molar-refractivity contribution is 0.0981. The van der Waals surface area contributed by atoms with E-state index >= 15 is 0 Å². The molecule has 0 fully saturated rings. The summed E-state index contributed by atoms with van der Waals surface area (Å²) in [7, 11) is 0. The van der Waals surface area contributed by atoms with Crippen molar-refractivity contribution in [2.75, 3.05) is 11.4 Å². The highest BCUT2D eigenvalue weighted by molar-refractivity contribution is 5.96. The van der Waals surface area contributed by atoms with E-state index < -0.39 is 0 Å². The van der Waals surface area contributed by atoms with Crippen molar-refractivity contribution in [1.29, 1.82) is 0 Å². The average Bonchev–Trinajstić information content (AvgIpc) is 3.23. The van der Waals surface area contributed by atoms with Gasteiger partial charge in [-0.1, -0.05) is 24.3 Å². The third-order valence-electron chi connectivity index (χ3n) is 5.46. The number of fused-ring (bicyclic) bond motifs is 5. The smallest absolute Gasteiger partial charge is 0.162 e. The van der Waals surface area contributed by atoms with Crippen LogP contribution < -0.4 is 4.90 Å². The Morgan fingerprint density at radius 3 is 2.37 bits per heavy atom. The largest absolute Gasteiger partial charge is 0.339 e. The highest BCUT2D eigenvalue weighted by atomic mass is 19.1. The molecule has 0 saturated carbocycles. The van der Waals surface area contributed by atoms with Gasteiger partial charge >= 0.3 is 0 Å². The maximum atomic E-state index is 13.1. The van der Waals surface area contributed by atoms with Gasteiger partial charge in [0.25, 0.3) is 0 Å². The molecule has 0 unspecified atom stereocenters. The first-order valence-electron chi connectivity index (χ1n) is 10.0. The minimum absolute atomic E-state index is 0.0271. The number of carbonyl (C=O) groups is 1. The molecule has 0 saturated heterocycles. The van der Waals surface area contributed by atoms with Crippen LogP contribution in [0.4, 0.5) is 15.8 Å². The molecule has 5 rings (SSSR count). The molecule has 2 heterocycles. The molecule has 0 atom stereocenters. The number of rotatable bonds is 5. The molecule has 1 aromatic heterocycles. The van der Waals surface area contributed by atoms with Gasteiger partial charge < -0.3 is 4.90 Å². The van der Waals surface area contributed by atoms with E-state index in [2.05, 4.69) is 38.7 Å². The highest BCUT2D eigenvalue weighted by Gasteiger charge is 2.24. The van der Waals surface area contributed by atoms with Crippen LogP contribution in [0.15, 0.2) is 85.2 Å². The van der Waals surface area contributed by atoms with E-state index in [0.717, 1.165) is 28.5 Å². The molecule has 0 N–H and O–H groups in total. The van der Waals surface area contributed by atoms with Crippen molar-refractivity contribution in [3.8, 4) is 17.1 Å². The van der Waals surface area contributed by atoms with Crippen molar-refractivity contribution in [2.24, 2.45) is 0 Å². The van der Waals surface area contributed by atoms with E-state index in [-0.39, 0.29) is 11.6 Å². The Morgan fingerprint density at radius 2 is 1.57 bits per heavy atom. The topological polar surface area (TPSA) is 38.1 Å². The molecule has 0 amide bonds. The fourth-order valence-electron chi connectivity index (χ4n) is 4.04. The molecule has 4 nitrogen and oxygen atoms in total. The van der Waals surface area contributed by atoms with E-state index in [1.54, 1.807) is 12.1 Å². The minimum Gasteiger partial charge on any atom is -0.339 e. The predicted octanol–water partition coefficient (Wildman–Crippen LogP) is 5.79. The zero-order valence-corrected chi connectivity index (χ0v) is 16.3. The molecule has 0 aliphatic carbocycles. The number of carbonyl (C=O) groups excluding carboxylic acids is 1. The third-order valence-corrected chi connectivity index (χ3v) is 5.46. The first kappa shape index (κ1) is 18.3. The monoisotopic (exact) mass is 397 g/mol. The van der Waals surface area contributed by atoms with Gasteiger partial charge in [-0.25, -0.2) is 9.37 Å². The van der Waals surface area contributed by atoms with Crippen molar-refractivity contribution >= 4 is 17.2 Å². The molecule has 148 valence electrons. The van der Waals surface area contributed by atoms with Crippen LogP contribution in [0.2, 0.25) is 0 Å². The molecule has 0 bridgehead atoms. The molecule has 1 aliphatic heterocycles. The Kier molecular flexibility index (Phi) is 4.64. The molecule has 0 radical (unpaired) electrons. The standard InChI is InChI=1S/C25H20FN3O/c26-19-13-11-18(12-14-19)24(30)10-5-16-28-21-7-2-1-6-20(21)25-27-15-17-29(25)23-9-4-3-8-22(23)28/h1-4,6-9,11-15,17H,5,10,16H2. The lowest BCUT2D eigenvalue weighted by Gasteiger charge is -2.26. The zero-order valence-electron chi connectivity index (χ0n) is 16.3.